The summed E-state index contributed by atoms with van der Waals surface area (Å²) in [6, 6.07) is 8.33. The van der Waals surface area contributed by atoms with Crippen LogP contribution >= 0.6 is 0 Å². The quantitative estimate of drug-likeness (QED) is 0.557. The van der Waals surface area contributed by atoms with E-state index in [-0.39, 0.29) is 11.9 Å². The number of fused-ring (bicyclic) bond motifs is 2. The molecule has 0 bridgehead atoms. The van der Waals surface area contributed by atoms with E-state index in [1.165, 1.54) is 0 Å². The molecule has 1 fully saturated rings. The van der Waals surface area contributed by atoms with E-state index in [0.717, 1.165) is 79.5 Å². The Morgan fingerprint density at radius 3 is 2.75 bits per heavy atom. The topological polar surface area (TPSA) is 106 Å². The molecule has 3 aromatic heterocycles. The summed E-state index contributed by atoms with van der Waals surface area (Å²) in [6.45, 7) is 7.85. The number of carbonyl (C=O) groups is 1. The summed E-state index contributed by atoms with van der Waals surface area (Å²) in [5.41, 5.74) is 9.71. The average molecular weight is 487 g/mol. The molecule has 6 heterocycles. The lowest BCUT2D eigenvalue weighted by atomic mass is 10.0. The van der Waals surface area contributed by atoms with Crippen molar-refractivity contribution >= 4 is 17.5 Å². The first-order valence-electron chi connectivity index (χ1n) is 13.3. The molecule has 9 nitrogen and oxygen atoms in total. The Labute approximate surface area is 211 Å². The van der Waals surface area contributed by atoms with Crippen molar-refractivity contribution in [3.05, 3.63) is 46.9 Å². The molecule has 3 aliphatic heterocycles. The number of hydrogen-bond acceptors (Lipinski definition) is 7. The van der Waals surface area contributed by atoms with Gasteiger partial charge >= 0.3 is 0 Å². The smallest absolute Gasteiger partial charge is 0.260 e. The molecule has 3 atom stereocenters. The summed E-state index contributed by atoms with van der Waals surface area (Å²) < 4.78 is 2.22. The first-order valence-corrected chi connectivity index (χ1v) is 13.3. The Balaban J connectivity index is 1.37. The fourth-order valence-corrected chi connectivity index (χ4v) is 5.98. The lowest BCUT2D eigenvalue weighted by Gasteiger charge is -2.25. The van der Waals surface area contributed by atoms with Gasteiger partial charge in [-0.2, -0.15) is 0 Å². The Morgan fingerprint density at radius 1 is 1.14 bits per heavy atom. The van der Waals surface area contributed by atoms with E-state index in [9.17, 15) is 4.79 Å². The van der Waals surface area contributed by atoms with E-state index < -0.39 is 0 Å². The van der Waals surface area contributed by atoms with Crippen molar-refractivity contribution in [1.82, 2.24) is 24.7 Å². The van der Waals surface area contributed by atoms with Gasteiger partial charge in [-0.15, -0.1) is 10.2 Å². The van der Waals surface area contributed by atoms with E-state index >= 15 is 0 Å². The zero-order valence-electron chi connectivity index (χ0n) is 21.3. The molecule has 2 N–H and O–H groups in total. The maximum absolute atomic E-state index is 13.8. The van der Waals surface area contributed by atoms with Crippen LogP contribution < -0.4 is 15.5 Å². The van der Waals surface area contributed by atoms with Gasteiger partial charge in [0, 0.05) is 36.7 Å². The van der Waals surface area contributed by atoms with Gasteiger partial charge in [-0.05, 0) is 57.2 Å². The van der Waals surface area contributed by atoms with Crippen LogP contribution in [0.25, 0.3) is 11.5 Å². The second-order valence-corrected chi connectivity index (χ2v) is 10.3. The van der Waals surface area contributed by atoms with Gasteiger partial charge in [-0.1, -0.05) is 19.9 Å². The summed E-state index contributed by atoms with van der Waals surface area (Å²) >= 11 is 0. The summed E-state index contributed by atoms with van der Waals surface area (Å²) in [6.07, 6.45) is 6.09. The first-order chi connectivity index (χ1) is 17.5. The number of amides is 1. The van der Waals surface area contributed by atoms with Crippen molar-refractivity contribution in [1.29, 1.82) is 0 Å². The van der Waals surface area contributed by atoms with Crippen molar-refractivity contribution in [2.45, 2.75) is 84.0 Å². The molecule has 0 aliphatic carbocycles. The van der Waals surface area contributed by atoms with Crippen LogP contribution in [0.2, 0.25) is 0 Å². The third kappa shape index (κ3) is 3.59. The fraction of sp³-hybridized carbons (Fsp3) is 0.519. The molecule has 0 spiro atoms. The summed E-state index contributed by atoms with van der Waals surface area (Å²) in [7, 11) is 0. The largest absolute Gasteiger partial charge is 0.354 e. The Bertz CT molecular complexity index is 1320. The third-order valence-electron chi connectivity index (χ3n) is 8.12. The number of anilines is 2. The second kappa shape index (κ2) is 8.96. The molecule has 3 aromatic rings. The average Bonchev–Trinajstić information content (AvgIpc) is 3.67. The summed E-state index contributed by atoms with van der Waals surface area (Å²) in [4.78, 5) is 27.7. The number of carbonyl (C=O) groups excluding carboxylic acids is 1. The van der Waals surface area contributed by atoms with Crippen molar-refractivity contribution in [2.24, 2.45) is 5.73 Å². The lowest BCUT2D eigenvalue weighted by molar-refractivity contribution is 0.0996. The number of nitrogens with two attached hydrogens (primary N) is 1. The summed E-state index contributed by atoms with van der Waals surface area (Å²) in [5.74, 6) is 3.22. The summed E-state index contributed by atoms with van der Waals surface area (Å²) in [5, 5.41) is 8.86. The minimum Gasteiger partial charge on any atom is -0.354 e. The normalized spacial score (nSPS) is 21.8. The standard InChI is InChI=1S/C27H34N8O/c1-4-17-11-12-23-31-32-26(35(17)23)21-9-6-10-22(29-21)34-15-19-18(27(34)36)14-24(30-25(19)20(28)5-2)33-13-7-8-16(33)3/h6,9-10,14,16-17,20H,4-5,7-8,11-13,15,28H2,1-3H3/t16-,17+,20+/m1/s1. The molecular weight excluding hydrogens is 452 g/mol. The first kappa shape index (κ1) is 23.1. The minimum absolute atomic E-state index is 0.0485. The monoisotopic (exact) mass is 486 g/mol. The highest BCUT2D eigenvalue weighted by atomic mass is 16.2. The van der Waals surface area contributed by atoms with E-state index in [1.54, 1.807) is 4.90 Å². The van der Waals surface area contributed by atoms with Crippen LogP contribution in [-0.4, -0.2) is 43.2 Å². The maximum atomic E-state index is 13.8. The van der Waals surface area contributed by atoms with Crippen LogP contribution in [0.3, 0.4) is 0 Å². The third-order valence-corrected chi connectivity index (χ3v) is 8.12. The number of nitrogens with zero attached hydrogens (tertiary/aromatic N) is 7. The molecule has 0 saturated carbocycles. The van der Waals surface area contributed by atoms with Gasteiger partial charge in [-0.25, -0.2) is 9.97 Å². The van der Waals surface area contributed by atoms with Gasteiger partial charge in [0.25, 0.3) is 5.91 Å². The van der Waals surface area contributed by atoms with Crippen molar-refractivity contribution in [2.75, 3.05) is 16.3 Å². The number of rotatable bonds is 6. The van der Waals surface area contributed by atoms with Gasteiger partial charge in [0.15, 0.2) is 5.82 Å². The van der Waals surface area contributed by atoms with Gasteiger partial charge in [0.05, 0.1) is 17.8 Å². The van der Waals surface area contributed by atoms with E-state index in [0.29, 0.717) is 30.0 Å². The second-order valence-electron chi connectivity index (χ2n) is 10.3. The van der Waals surface area contributed by atoms with Crippen LogP contribution in [0.15, 0.2) is 24.3 Å². The van der Waals surface area contributed by atoms with Crippen LogP contribution in [0.1, 0.15) is 92.4 Å². The Morgan fingerprint density at radius 2 is 2.00 bits per heavy atom. The highest BCUT2D eigenvalue weighted by Gasteiger charge is 2.36. The van der Waals surface area contributed by atoms with Gasteiger partial charge < -0.3 is 15.2 Å². The van der Waals surface area contributed by atoms with Crippen LogP contribution in [0.5, 0.6) is 0 Å². The highest BCUT2D eigenvalue weighted by molar-refractivity contribution is 6.10. The number of hydrogen-bond donors (Lipinski definition) is 1. The molecule has 1 amide bonds. The molecular formula is C27H34N8O. The maximum Gasteiger partial charge on any atom is 0.260 e. The van der Waals surface area contributed by atoms with Gasteiger partial charge in [0.2, 0.25) is 0 Å². The number of pyridine rings is 2. The molecule has 0 aromatic carbocycles. The van der Waals surface area contributed by atoms with Gasteiger partial charge in [-0.3, -0.25) is 9.69 Å². The zero-order valence-corrected chi connectivity index (χ0v) is 21.3. The molecule has 1 saturated heterocycles. The molecule has 9 heteroatoms. The molecule has 36 heavy (non-hydrogen) atoms. The lowest BCUT2D eigenvalue weighted by Crippen LogP contribution is -2.28. The predicted molar refractivity (Wildman–Crippen MR) is 139 cm³/mol. The van der Waals surface area contributed by atoms with Crippen LogP contribution in [0, 0.1) is 0 Å². The van der Waals surface area contributed by atoms with Crippen molar-refractivity contribution in [3.8, 4) is 11.5 Å². The zero-order chi connectivity index (χ0) is 25.0. The van der Waals surface area contributed by atoms with Crippen molar-refractivity contribution < 1.29 is 4.79 Å². The van der Waals surface area contributed by atoms with Crippen LogP contribution in [-0.2, 0) is 13.0 Å². The molecule has 188 valence electrons. The van der Waals surface area contributed by atoms with Gasteiger partial charge in [0.1, 0.15) is 23.2 Å². The molecule has 6 rings (SSSR count). The Hall–Kier alpha value is -3.33. The number of aromatic nitrogens is 5. The highest BCUT2D eigenvalue weighted by Crippen LogP contribution is 2.37. The fourth-order valence-electron chi connectivity index (χ4n) is 5.98. The molecule has 3 aliphatic rings. The van der Waals surface area contributed by atoms with E-state index in [4.69, 9.17) is 15.7 Å². The number of aryl methyl sites for hydroxylation is 1. The van der Waals surface area contributed by atoms with E-state index in [1.807, 2.05) is 24.3 Å². The van der Waals surface area contributed by atoms with Crippen molar-refractivity contribution in [3.63, 3.8) is 0 Å². The SMILES string of the molecule is CC[C@H]1CCc2nnc(-c3cccc(N4Cc5c(cc(N6CCC[C@H]6C)nc5[C@@H](N)CC)C4=O)n3)n21. The molecule has 0 unspecified atom stereocenters. The minimum atomic E-state index is -0.215. The van der Waals surface area contributed by atoms with E-state index in [2.05, 4.69) is 40.4 Å². The molecule has 0 radical (unpaired) electrons. The Kier molecular flexibility index (Phi) is 5.75. The predicted octanol–water partition coefficient (Wildman–Crippen LogP) is 4.19. The van der Waals surface area contributed by atoms with Crippen LogP contribution in [0.4, 0.5) is 11.6 Å².